The number of rotatable bonds is 4. The van der Waals surface area contributed by atoms with E-state index in [9.17, 15) is 10.1 Å². The molecule has 92 valence electrons. The van der Waals surface area contributed by atoms with Gasteiger partial charge in [-0.15, -0.1) is 0 Å². The Kier molecular flexibility index (Phi) is 3.49. The molecule has 0 unspecified atom stereocenters. The van der Waals surface area contributed by atoms with Gasteiger partial charge in [-0.25, -0.2) is 4.98 Å². The molecule has 0 saturated heterocycles. The van der Waals surface area contributed by atoms with Crippen molar-refractivity contribution in [1.82, 2.24) is 4.98 Å². The van der Waals surface area contributed by atoms with E-state index in [-0.39, 0.29) is 5.69 Å². The standard InChI is InChI=1S/C12H11N3O3/c13-7-9-2-1-3-11(6-9)18-12-5-4-10(8-14-12)15(16)17/h1-6,8H,7,13H2. The third-order valence-corrected chi connectivity index (χ3v) is 2.29. The van der Waals surface area contributed by atoms with Gasteiger partial charge in [0.1, 0.15) is 11.9 Å². The van der Waals surface area contributed by atoms with E-state index in [4.69, 9.17) is 10.5 Å². The smallest absolute Gasteiger partial charge is 0.287 e. The van der Waals surface area contributed by atoms with Crippen molar-refractivity contribution < 1.29 is 9.66 Å². The molecule has 0 aliphatic heterocycles. The van der Waals surface area contributed by atoms with Gasteiger partial charge in [-0.2, -0.15) is 0 Å². The van der Waals surface area contributed by atoms with Crippen molar-refractivity contribution in [2.45, 2.75) is 6.54 Å². The van der Waals surface area contributed by atoms with Crippen LogP contribution < -0.4 is 10.5 Å². The lowest BCUT2D eigenvalue weighted by Crippen LogP contribution is -1.96. The summed E-state index contributed by atoms with van der Waals surface area (Å²) in [6.07, 6.45) is 1.15. The minimum atomic E-state index is -0.508. The summed E-state index contributed by atoms with van der Waals surface area (Å²) in [5.41, 5.74) is 6.39. The van der Waals surface area contributed by atoms with Crippen molar-refractivity contribution in [1.29, 1.82) is 0 Å². The van der Waals surface area contributed by atoms with Gasteiger partial charge in [0.05, 0.1) is 4.92 Å². The molecule has 0 amide bonds. The number of nitrogens with zero attached hydrogens (tertiary/aromatic N) is 2. The molecule has 0 atom stereocenters. The number of benzene rings is 1. The van der Waals surface area contributed by atoms with Crippen molar-refractivity contribution in [3.63, 3.8) is 0 Å². The van der Waals surface area contributed by atoms with Crippen LogP contribution in [0, 0.1) is 10.1 Å². The summed E-state index contributed by atoms with van der Waals surface area (Å²) in [6.45, 7) is 0.422. The largest absolute Gasteiger partial charge is 0.439 e. The number of nitrogens with two attached hydrogens (primary N) is 1. The van der Waals surface area contributed by atoms with Crippen molar-refractivity contribution in [3.8, 4) is 11.6 Å². The fourth-order valence-electron chi connectivity index (χ4n) is 1.40. The van der Waals surface area contributed by atoms with Crippen LogP contribution in [0.2, 0.25) is 0 Å². The lowest BCUT2D eigenvalue weighted by Gasteiger charge is -2.05. The SMILES string of the molecule is NCc1cccc(Oc2ccc([N+](=O)[O-])cn2)c1. The average Bonchev–Trinajstić information content (AvgIpc) is 2.39. The molecule has 0 aliphatic carbocycles. The average molecular weight is 245 g/mol. The van der Waals surface area contributed by atoms with Crippen molar-refractivity contribution in [3.05, 3.63) is 58.3 Å². The summed E-state index contributed by atoms with van der Waals surface area (Å²) in [5, 5.41) is 10.5. The molecule has 2 rings (SSSR count). The van der Waals surface area contributed by atoms with Crippen LogP contribution in [0.15, 0.2) is 42.6 Å². The van der Waals surface area contributed by atoms with E-state index in [0.29, 0.717) is 18.2 Å². The number of pyridine rings is 1. The summed E-state index contributed by atoms with van der Waals surface area (Å²) < 4.78 is 5.47. The number of aromatic nitrogens is 1. The Hall–Kier alpha value is -2.47. The van der Waals surface area contributed by atoms with Crippen molar-refractivity contribution in [2.24, 2.45) is 5.73 Å². The quantitative estimate of drug-likeness (QED) is 0.658. The lowest BCUT2D eigenvalue weighted by molar-refractivity contribution is -0.385. The highest BCUT2D eigenvalue weighted by atomic mass is 16.6. The van der Waals surface area contributed by atoms with Crippen LogP contribution in [-0.4, -0.2) is 9.91 Å². The predicted octanol–water partition coefficient (Wildman–Crippen LogP) is 2.24. The molecule has 0 spiro atoms. The van der Waals surface area contributed by atoms with Crippen LogP contribution in [0.1, 0.15) is 5.56 Å². The zero-order chi connectivity index (χ0) is 13.0. The molecule has 1 aromatic heterocycles. The molecular weight excluding hydrogens is 234 g/mol. The third-order valence-electron chi connectivity index (χ3n) is 2.29. The molecule has 6 heteroatoms. The Bertz CT molecular complexity index is 555. The Balaban J connectivity index is 2.15. The summed E-state index contributed by atoms with van der Waals surface area (Å²) >= 11 is 0. The van der Waals surface area contributed by atoms with Gasteiger partial charge in [0, 0.05) is 18.7 Å². The normalized spacial score (nSPS) is 10.1. The Morgan fingerprint density at radius 1 is 1.33 bits per heavy atom. The van der Waals surface area contributed by atoms with Crippen LogP contribution in [0.4, 0.5) is 5.69 Å². The molecule has 0 bridgehead atoms. The minimum absolute atomic E-state index is 0.0712. The van der Waals surface area contributed by atoms with Crippen LogP contribution in [-0.2, 0) is 6.54 Å². The van der Waals surface area contributed by atoms with Gasteiger partial charge in [0.2, 0.25) is 5.88 Å². The fraction of sp³-hybridized carbons (Fsp3) is 0.0833. The highest BCUT2D eigenvalue weighted by Crippen LogP contribution is 2.21. The van der Waals surface area contributed by atoms with Gasteiger partial charge in [-0.05, 0) is 17.7 Å². The molecule has 0 aliphatic rings. The topological polar surface area (TPSA) is 91.3 Å². The van der Waals surface area contributed by atoms with Crippen molar-refractivity contribution >= 4 is 5.69 Å². The van der Waals surface area contributed by atoms with Gasteiger partial charge < -0.3 is 10.5 Å². The first-order valence-electron chi connectivity index (χ1n) is 5.26. The first-order chi connectivity index (χ1) is 8.69. The van der Waals surface area contributed by atoms with E-state index in [1.165, 1.54) is 12.1 Å². The van der Waals surface area contributed by atoms with E-state index in [2.05, 4.69) is 4.98 Å². The summed E-state index contributed by atoms with van der Waals surface area (Å²) in [7, 11) is 0. The second-order valence-corrected chi connectivity index (χ2v) is 3.57. The fourth-order valence-corrected chi connectivity index (χ4v) is 1.40. The highest BCUT2D eigenvalue weighted by Gasteiger charge is 2.06. The van der Waals surface area contributed by atoms with E-state index in [1.807, 2.05) is 12.1 Å². The maximum Gasteiger partial charge on any atom is 0.287 e. The second-order valence-electron chi connectivity index (χ2n) is 3.57. The molecule has 6 nitrogen and oxygen atoms in total. The summed E-state index contributed by atoms with van der Waals surface area (Å²) in [5.74, 6) is 0.897. The Morgan fingerprint density at radius 2 is 2.17 bits per heavy atom. The second kappa shape index (κ2) is 5.24. The zero-order valence-corrected chi connectivity index (χ0v) is 9.45. The highest BCUT2D eigenvalue weighted by molar-refractivity contribution is 5.34. The molecule has 0 fully saturated rings. The van der Waals surface area contributed by atoms with Gasteiger partial charge in [-0.3, -0.25) is 10.1 Å². The van der Waals surface area contributed by atoms with Crippen molar-refractivity contribution in [2.75, 3.05) is 0 Å². The number of nitro groups is 1. The zero-order valence-electron chi connectivity index (χ0n) is 9.45. The van der Waals surface area contributed by atoms with E-state index in [0.717, 1.165) is 11.8 Å². The molecule has 18 heavy (non-hydrogen) atoms. The summed E-state index contributed by atoms with van der Waals surface area (Å²) in [4.78, 5) is 13.8. The third kappa shape index (κ3) is 2.80. The van der Waals surface area contributed by atoms with E-state index in [1.54, 1.807) is 12.1 Å². The molecule has 2 N–H and O–H groups in total. The minimum Gasteiger partial charge on any atom is -0.439 e. The lowest BCUT2D eigenvalue weighted by atomic mass is 10.2. The van der Waals surface area contributed by atoms with Gasteiger partial charge in [0.15, 0.2) is 0 Å². The van der Waals surface area contributed by atoms with E-state index >= 15 is 0 Å². The Morgan fingerprint density at radius 3 is 2.78 bits per heavy atom. The monoisotopic (exact) mass is 245 g/mol. The van der Waals surface area contributed by atoms with Crippen LogP contribution in [0.3, 0.4) is 0 Å². The van der Waals surface area contributed by atoms with Gasteiger partial charge >= 0.3 is 0 Å². The van der Waals surface area contributed by atoms with Gasteiger partial charge in [-0.1, -0.05) is 12.1 Å². The first kappa shape index (κ1) is 12.0. The number of hydrogen-bond acceptors (Lipinski definition) is 5. The Labute approximate surface area is 103 Å². The number of ether oxygens (including phenoxy) is 1. The van der Waals surface area contributed by atoms with E-state index < -0.39 is 4.92 Å². The molecular formula is C12H11N3O3. The van der Waals surface area contributed by atoms with Crippen LogP contribution in [0.5, 0.6) is 11.6 Å². The summed E-state index contributed by atoms with van der Waals surface area (Å²) in [6, 6.07) is 10.1. The molecule has 0 radical (unpaired) electrons. The maximum absolute atomic E-state index is 10.5. The molecule has 1 aromatic carbocycles. The molecule has 0 saturated carbocycles. The van der Waals surface area contributed by atoms with Gasteiger partial charge in [0.25, 0.3) is 5.69 Å². The van der Waals surface area contributed by atoms with Crippen LogP contribution in [0.25, 0.3) is 0 Å². The van der Waals surface area contributed by atoms with Crippen LogP contribution >= 0.6 is 0 Å². The number of hydrogen-bond donors (Lipinski definition) is 1. The molecule has 2 aromatic rings. The predicted molar refractivity (Wildman–Crippen MR) is 65.3 cm³/mol. The molecule has 1 heterocycles. The maximum atomic E-state index is 10.5. The first-order valence-corrected chi connectivity index (χ1v) is 5.26.